The van der Waals surface area contributed by atoms with E-state index in [9.17, 15) is 4.79 Å². The quantitative estimate of drug-likeness (QED) is 0.438. The molecule has 1 aliphatic rings. The monoisotopic (exact) mass is 468 g/mol. The van der Waals surface area contributed by atoms with Crippen molar-refractivity contribution < 1.29 is 4.79 Å². The molecule has 1 N–H and O–H groups in total. The van der Waals surface area contributed by atoms with Crippen LogP contribution in [0, 0.1) is 26.7 Å². The Morgan fingerprint density at radius 1 is 1.06 bits per heavy atom. The van der Waals surface area contributed by atoms with E-state index in [4.69, 9.17) is 5.10 Å². The second-order valence-corrected chi connectivity index (χ2v) is 9.40. The van der Waals surface area contributed by atoms with Crippen LogP contribution in [0.2, 0.25) is 0 Å². The third kappa shape index (κ3) is 4.27. The lowest BCUT2D eigenvalue weighted by atomic mass is 9.96. The molecule has 0 bridgehead atoms. The summed E-state index contributed by atoms with van der Waals surface area (Å²) in [4.78, 5) is 15.5. The van der Waals surface area contributed by atoms with Crippen molar-refractivity contribution in [2.45, 2.75) is 47.0 Å². The highest BCUT2D eigenvalue weighted by molar-refractivity contribution is 5.95. The second-order valence-electron chi connectivity index (χ2n) is 9.40. The normalized spacial score (nSPS) is 16.0. The van der Waals surface area contributed by atoms with Gasteiger partial charge < -0.3 is 10.2 Å². The number of anilines is 2. The molecule has 35 heavy (non-hydrogen) atoms. The van der Waals surface area contributed by atoms with E-state index in [2.05, 4.69) is 40.3 Å². The first-order valence-electron chi connectivity index (χ1n) is 12.4. The van der Waals surface area contributed by atoms with Gasteiger partial charge in [0.05, 0.1) is 28.4 Å². The summed E-state index contributed by atoms with van der Waals surface area (Å²) in [5.41, 5.74) is 6.96. The molecule has 2 aromatic carbocycles. The fraction of sp³-hybridized carbons (Fsp3) is 0.357. The minimum absolute atomic E-state index is 0.0704. The Hall–Kier alpha value is -3.74. The largest absolute Gasteiger partial charge is 0.352 e. The van der Waals surface area contributed by atoms with Crippen LogP contribution in [0.4, 0.5) is 11.5 Å². The Morgan fingerprint density at radius 3 is 2.63 bits per heavy atom. The molecule has 0 saturated carbocycles. The summed E-state index contributed by atoms with van der Waals surface area (Å²) in [5, 5.41) is 18.3. The average molecular weight is 469 g/mol. The van der Waals surface area contributed by atoms with Gasteiger partial charge in [-0.25, -0.2) is 4.68 Å². The number of hydrogen-bond acceptors (Lipinski definition) is 5. The van der Waals surface area contributed by atoms with E-state index in [1.165, 1.54) is 5.56 Å². The molecule has 0 unspecified atom stereocenters. The predicted molar refractivity (Wildman–Crippen MR) is 140 cm³/mol. The van der Waals surface area contributed by atoms with E-state index in [-0.39, 0.29) is 11.8 Å². The van der Waals surface area contributed by atoms with Gasteiger partial charge in [0.15, 0.2) is 5.82 Å². The third-order valence-corrected chi connectivity index (χ3v) is 7.07. The van der Waals surface area contributed by atoms with Crippen LogP contribution in [0.3, 0.4) is 0 Å². The number of aryl methyl sites for hydroxylation is 4. The first kappa shape index (κ1) is 23.0. The number of aromatic nitrogens is 4. The molecule has 1 atom stereocenters. The minimum atomic E-state index is -0.122. The molecule has 0 radical (unpaired) electrons. The Balaban J connectivity index is 1.45. The molecule has 1 aliphatic heterocycles. The lowest BCUT2D eigenvalue weighted by Crippen LogP contribution is -2.41. The zero-order valence-electron chi connectivity index (χ0n) is 20.9. The number of hydrogen-bond donors (Lipinski definition) is 1. The molecule has 1 saturated heterocycles. The highest BCUT2D eigenvalue weighted by Crippen LogP contribution is 2.32. The number of benzene rings is 2. The summed E-state index contributed by atoms with van der Waals surface area (Å²) in [6, 6.07) is 16.3. The highest BCUT2D eigenvalue weighted by atomic mass is 16.1. The van der Waals surface area contributed by atoms with Crippen molar-refractivity contribution in [2.24, 2.45) is 5.92 Å². The van der Waals surface area contributed by atoms with Crippen molar-refractivity contribution in [1.82, 2.24) is 20.0 Å². The molecule has 0 spiro atoms. The van der Waals surface area contributed by atoms with Gasteiger partial charge in [-0.1, -0.05) is 43.3 Å². The summed E-state index contributed by atoms with van der Waals surface area (Å²) in [5.74, 6) is 0.704. The number of carbonyl (C=O) groups excluding carboxylic acids is 1. The standard InChI is InChI=1S/C28H32N6O/c1-5-21-12-9-11-18(2)25(21)29-28(35)22-13-10-16-33(17-22)27-26-24(19(3)30-31-27)20(4)34(32-26)23-14-7-6-8-15-23/h6-9,11-12,14-15,22H,5,10,13,16-17H2,1-4H3,(H,29,35)/t22-/m0/s1. The Kier molecular flexibility index (Phi) is 6.24. The van der Waals surface area contributed by atoms with E-state index < -0.39 is 0 Å². The number of para-hydroxylation sites is 2. The molecule has 7 heteroatoms. The molecule has 180 valence electrons. The van der Waals surface area contributed by atoms with Crippen LogP contribution in [0.15, 0.2) is 48.5 Å². The summed E-state index contributed by atoms with van der Waals surface area (Å²) in [6.07, 6.45) is 2.66. The van der Waals surface area contributed by atoms with Gasteiger partial charge >= 0.3 is 0 Å². The van der Waals surface area contributed by atoms with E-state index >= 15 is 0 Å². The zero-order valence-corrected chi connectivity index (χ0v) is 20.9. The van der Waals surface area contributed by atoms with Gasteiger partial charge in [-0.3, -0.25) is 4.79 Å². The van der Waals surface area contributed by atoms with Crippen molar-refractivity contribution >= 4 is 28.3 Å². The van der Waals surface area contributed by atoms with Gasteiger partial charge in [0.1, 0.15) is 5.52 Å². The average Bonchev–Trinajstić information content (AvgIpc) is 3.24. The maximum atomic E-state index is 13.3. The van der Waals surface area contributed by atoms with Crippen LogP contribution in [-0.2, 0) is 11.2 Å². The van der Waals surface area contributed by atoms with Crippen molar-refractivity contribution in [3.05, 3.63) is 71.0 Å². The van der Waals surface area contributed by atoms with Gasteiger partial charge in [0, 0.05) is 18.8 Å². The minimum Gasteiger partial charge on any atom is -0.352 e. The van der Waals surface area contributed by atoms with Gasteiger partial charge in [-0.2, -0.15) is 10.2 Å². The molecule has 1 fully saturated rings. The number of piperidine rings is 1. The van der Waals surface area contributed by atoms with Crippen molar-refractivity contribution in [3.8, 4) is 5.69 Å². The molecule has 3 heterocycles. The highest BCUT2D eigenvalue weighted by Gasteiger charge is 2.30. The third-order valence-electron chi connectivity index (χ3n) is 7.07. The summed E-state index contributed by atoms with van der Waals surface area (Å²) in [7, 11) is 0. The lowest BCUT2D eigenvalue weighted by molar-refractivity contribution is -0.120. The van der Waals surface area contributed by atoms with E-state index in [1.807, 2.05) is 61.0 Å². The Bertz CT molecular complexity index is 1380. The fourth-order valence-electron chi connectivity index (χ4n) is 5.16. The Morgan fingerprint density at radius 2 is 1.86 bits per heavy atom. The van der Waals surface area contributed by atoms with E-state index in [1.54, 1.807) is 0 Å². The number of fused-ring (bicyclic) bond motifs is 1. The molecule has 5 rings (SSSR count). The number of amides is 1. The lowest BCUT2D eigenvalue weighted by Gasteiger charge is -2.33. The molecule has 2 aromatic heterocycles. The smallest absolute Gasteiger partial charge is 0.229 e. The first-order chi connectivity index (χ1) is 17.0. The van der Waals surface area contributed by atoms with Crippen molar-refractivity contribution in [2.75, 3.05) is 23.3 Å². The molecule has 7 nitrogen and oxygen atoms in total. The maximum Gasteiger partial charge on any atom is 0.229 e. The second kappa shape index (κ2) is 9.49. The topological polar surface area (TPSA) is 75.9 Å². The summed E-state index contributed by atoms with van der Waals surface area (Å²) >= 11 is 0. The van der Waals surface area contributed by atoms with Crippen LogP contribution in [0.5, 0.6) is 0 Å². The Labute approximate surface area is 206 Å². The summed E-state index contributed by atoms with van der Waals surface area (Å²) < 4.78 is 1.96. The van der Waals surface area contributed by atoms with Crippen LogP contribution in [0.1, 0.15) is 42.3 Å². The predicted octanol–water partition coefficient (Wildman–Crippen LogP) is 5.16. The van der Waals surface area contributed by atoms with Crippen molar-refractivity contribution in [1.29, 1.82) is 0 Å². The van der Waals surface area contributed by atoms with Gasteiger partial charge in [0.2, 0.25) is 5.91 Å². The van der Waals surface area contributed by atoms with Gasteiger partial charge in [0.25, 0.3) is 0 Å². The molecule has 0 aliphatic carbocycles. The summed E-state index contributed by atoms with van der Waals surface area (Å²) in [6.45, 7) is 9.64. The van der Waals surface area contributed by atoms with Gasteiger partial charge in [-0.15, -0.1) is 5.10 Å². The van der Waals surface area contributed by atoms with E-state index in [0.717, 1.165) is 70.9 Å². The first-order valence-corrected chi connectivity index (χ1v) is 12.4. The maximum absolute atomic E-state index is 13.3. The number of rotatable bonds is 5. The molecule has 1 amide bonds. The van der Waals surface area contributed by atoms with E-state index in [0.29, 0.717) is 6.54 Å². The van der Waals surface area contributed by atoms with Crippen molar-refractivity contribution in [3.63, 3.8) is 0 Å². The SMILES string of the molecule is CCc1cccc(C)c1NC(=O)[C@H]1CCCN(c2nnc(C)c3c(C)n(-c4ccccc4)nc23)C1. The van der Waals surface area contributed by atoms with Crippen LogP contribution in [0.25, 0.3) is 16.6 Å². The van der Waals surface area contributed by atoms with Crippen LogP contribution < -0.4 is 10.2 Å². The molecular weight excluding hydrogens is 436 g/mol. The zero-order chi connectivity index (χ0) is 24.5. The number of nitrogens with zero attached hydrogens (tertiary/aromatic N) is 5. The number of carbonyl (C=O) groups is 1. The fourth-order valence-corrected chi connectivity index (χ4v) is 5.16. The molecular formula is C28H32N6O. The number of nitrogens with one attached hydrogen (secondary N) is 1. The molecule has 4 aromatic rings. The van der Waals surface area contributed by atoms with Crippen LogP contribution in [-0.4, -0.2) is 39.0 Å². The van der Waals surface area contributed by atoms with Crippen LogP contribution >= 0.6 is 0 Å². The van der Waals surface area contributed by atoms with Gasteiger partial charge in [-0.05, 0) is 63.3 Å².